The first-order valence-corrected chi connectivity index (χ1v) is 11.2. The molecule has 0 radical (unpaired) electrons. The van der Waals surface area contributed by atoms with Gasteiger partial charge in [-0.3, -0.25) is 9.59 Å². The molecule has 168 valence electrons. The lowest BCUT2D eigenvalue weighted by atomic mass is 9.99. The van der Waals surface area contributed by atoms with E-state index in [0.717, 1.165) is 55.0 Å². The smallest absolute Gasteiger partial charge is 0.282 e. The van der Waals surface area contributed by atoms with Gasteiger partial charge in [0, 0.05) is 26.2 Å². The highest BCUT2D eigenvalue weighted by atomic mass is 16.5. The van der Waals surface area contributed by atoms with Gasteiger partial charge in [0.15, 0.2) is 0 Å². The van der Waals surface area contributed by atoms with Crippen molar-refractivity contribution < 1.29 is 14.3 Å². The maximum Gasteiger partial charge on any atom is 0.282 e. The number of piperazine rings is 1. The maximum absolute atomic E-state index is 13.8. The summed E-state index contributed by atoms with van der Waals surface area (Å²) in [6, 6.07) is 11.5. The van der Waals surface area contributed by atoms with Gasteiger partial charge < -0.3 is 14.5 Å². The van der Waals surface area contributed by atoms with E-state index >= 15 is 0 Å². The molecule has 6 heteroatoms. The zero-order valence-corrected chi connectivity index (χ0v) is 19.6. The fourth-order valence-electron chi connectivity index (χ4n) is 4.45. The molecule has 2 aliphatic heterocycles. The topological polar surface area (TPSA) is 53.1 Å². The van der Waals surface area contributed by atoms with Crippen LogP contribution in [0.1, 0.15) is 29.2 Å². The average molecular weight is 434 g/mol. The zero-order valence-electron chi connectivity index (χ0n) is 19.6. The minimum absolute atomic E-state index is 0.280. The SMILES string of the molecule is CCN1CCN(C2=C(c3ccc(C)c(C)c3)C(=O)N(c3cc(C)ccc3OC)C2=O)CC1. The predicted octanol–water partition coefficient (Wildman–Crippen LogP) is 3.54. The Hall–Kier alpha value is -3.12. The molecule has 0 bridgehead atoms. The highest BCUT2D eigenvalue weighted by molar-refractivity contribution is 6.45. The summed E-state index contributed by atoms with van der Waals surface area (Å²) in [6.45, 7) is 12.3. The summed E-state index contributed by atoms with van der Waals surface area (Å²) in [7, 11) is 1.56. The van der Waals surface area contributed by atoms with Crippen molar-refractivity contribution in [3.8, 4) is 5.75 Å². The Balaban J connectivity index is 1.84. The van der Waals surface area contributed by atoms with E-state index in [2.05, 4.69) is 16.7 Å². The fourth-order valence-corrected chi connectivity index (χ4v) is 4.45. The van der Waals surface area contributed by atoms with Gasteiger partial charge in [0.05, 0.1) is 18.4 Å². The van der Waals surface area contributed by atoms with Crippen LogP contribution in [0.2, 0.25) is 0 Å². The number of carbonyl (C=O) groups is 2. The normalized spacial score (nSPS) is 17.5. The van der Waals surface area contributed by atoms with Gasteiger partial charge in [0.2, 0.25) is 0 Å². The summed E-state index contributed by atoms with van der Waals surface area (Å²) in [5.74, 6) is -0.0686. The molecule has 6 nitrogen and oxygen atoms in total. The number of likely N-dealkylation sites (N-methyl/N-ethyl adjacent to an activating group) is 1. The molecule has 0 unspecified atom stereocenters. The first kappa shape index (κ1) is 22.1. The number of methoxy groups -OCH3 is 1. The van der Waals surface area contributed by atoms with E-state index in [0.29, 0.717) is 22.7 Å². The number of carbonyl (C=O) groups excluding carboxylic acids is 2. The van der Waals surface area contributed by atoms with E-state index in [9.17, 15) is 9.59 Å². The van der Waals surface area contributed by atoms with Crippen LogP contribution in [0.25, 0.3) is 5.57 Å². The maximum atomic E-state index is 13.8. The third-order valence-electron chi connectivity index (χ3n) is 6.57. The largest absolute Gasteiger partial charge is 0.495 e. The average Bonchev–Trinajstić information content (AvgIpc) is 3.05. The fraction of sp³-hybridized carbons (Fsp3) is 0.385. The molecular formula is C26H31N3O3. The molecule has 32 heavy (non-hydrogen) atoms. The van der Waals surface area contributed by atoms with Crippen LogP contribution in [0.3, 0.4) is 0 Å². The molecule has 0 spiro atoms. The second kappa shape index (κ2) is 8.79. The zero-order chi connectivity index (χ0) is 23.0. The molecular weight excluding hydrogens is 402 g/mol. The standard InChI is InChI=1S/C26H31N3O3/c1-6-27-11-13-28(14-12-27)24-23(20-9-8-18(3)19(4)16-20)25(30)29(26(24)31)21-15-17(2)7-10-22(21)32-5/h7-10,15-16H,6,11-14H2,1-5H3. The van der Waals surface area contributed by atoms with Crippen LogP contribution in [0, 0.1) is 20.8 Å². The number of nitrogens with zero attached hydrogens (tertiary/aromatic N) is 3. The van der Waals surface area contributed by atoms with Crippen LogP contribution in [0.4, 0.5) is 5.69 Å². The summed E-state index contributed by atoms with van der Waals surface area (Å²) in [5.41, 5.74) is 5.46. The number of imide groups is 1. The van der Waals surface area contributed by atoms with Crippen molar-refractivity contribution in [2.45, 2.75) is 27.7 Å². The Labute approximate surface area is 190 Å². The Kier molecular flexibility index (Phi) is 6.07. The lowest BCUT2D eigenvalue weighted by Gasteiger charge is -2.36. The molecule has 4 rings (SSSR count). The van der Waals surface area contributed by atoms with Crippen molar-refractivity contribution in [3.05, 3.63) is 64.3 Å². The van der Waals surface area contributed by atoms with Crippen molar-refractivity contribution in [2.24, 2.45) is 0 Å². The van der Waals surface area contributed by atoms with E-state index < -0.39 is 0 Å². The number of hydrogen-bond acceptors (Lipinski definition) is 5. The quantitative estimate of drug-likeness (QED) is 0.675. The van der Waals surface area contributed by atoms with Crippen molar-refractivity contribution in [1.82, 2.24) is 9.80 Å². The second-order valence-electron chi connectivity index (χ2n) is 8.56. The van der Waals surface area contributed by atoms with Crippen LogP contribution in [0.5, 0.6) is 5.75 Å². The number of rotatable bonds is 5. The van der Waals surface area contributed by atoms with E-state index in [1.54, 1.807) is 13.2 Å². The minimum atomic E-state index is -0.296. The van der Waals surface area contributed by atoms with Crippen LogP contribution < -0.4 is 9.64 Å². The molecule has 0 aliphatic carbocycles. The molecule has 0 atom stereocenters. The minimum Gasteiger partial charge on any atom is -0.495 e. The van der Waals surface area contributed by atoms with Gasteiger partial charge in [0.1, 0.15) is 11.4 Å². The third kappa shape index (κ3) is 3.79. The summed E-state index contributed by atoms with van der Waals surface area (Å²) < 4.78 is 5.51. The molecule has 2 aromatic rings. The van der Waals surface area contributed by atoms with Crippen LogP contribution in [-0.4, -0.2) is 61.4 Å². The van der Waals surface area contributed by atoms with Crippen molar-refractivity contribution >= 4 is 23.1 Å². The molecule has 0 aromatic heterocycles. The van der Waals surface area contributed by atoms with Gasteiger partial charge in [-0.15, -0.1) is 0 Å². The molecule has 1 fully saturated rings. The summed E-state index contributed by atoms with van der Waals surface area (Å²) in [6.07, 6.45) is 0. The number of benzene rings is 2. The first-order chi connectivity index (χ1) is 15.3. The Morgan fingerprint density at radius 1 is 0.875 bits per heavy atom. The second-order valence-corrected chi connectivity index (χ2v) is 8.56. The highest BCUT2D eigenvalue weighted by Gasteiger charge is 2.44. The molecule has 2 amide bonds. The lowest BCUT2D eigenvalue weighted by Crippen LogP contribution is -2.47. The van der Waals surface area contributed by atoms with Crippen LogP contribution in [0.15, 0.2) is 42.1 Å². The van der Waals surface area contributed by atoms with Gasteiger partial charge in [-0.05, 0) is 61.7 Å². The van der Waals surface area contributed by atoms with E-state index in [-0.39, 0.29) is 11.8 Å². The number of ether oxygens (including phenoxy) is 1. The summed E-state index contributed by atoms with van der Waals surface area (Å²) >= 11 is 0. The van der Waals surface area contributed by atoms with Crippen molar-refractivity contribution in [3.63, 3.8) is 0 Å². The van der Waals surface area contributed by atoms with Gasteiger partial charge in [-0.1, -0.05) is 31.2 Å². The summed E-state index contributed by atoms with van der Waals surface area (Å²) in [5, 5.41) is 0. The van der Waals surface area contributed by atoms with Gasteiger partial charge in [-0.25, -0.2) is 4.90 Å². The number of hydrogen-bond donors (Lipinski definition) is 0. The van der Waals surface area contributed by atoms with E-state index in [4.69, 9.17) is 4.74 Å². The first-order valence-electron chi connectivity index (χ1n) is 11.2. The Morgan fingerprint density at radius 3 is 2.22 bits per heavy atom. The lowest BCUT2D eigenvalue weighted by molar-refractivity contribution is -0.120. The molecule has 0 saturated carbocycles. The van der Waals surface area contributed by atoms with Gasteiger partial charge in [0.25, 0.3) is 11.8 Å². The number of aryl methyl sites for hydroxylation is 3. The van der Waals surface area contributed by atoms with Gasteiger partial charge >= 0.3 is 0 Å². The Morgan fingerprint density at radius 2 is 1.59 bits per heavy atom. The van der Waals surface area contributed by atoms with Crippen LogP contribution >= 0.6 is 0 Å². The predicted molar refractivity (Wildman–Crippen MR) is 127 cm³/mol. The highest BCUT2D eigenvalue weighted by Crippen LogP contribution is 2.39. The van der Waals surface area contributed by atoms with Crippen molar-refractivity contribution in [2.75, 3.05) is 44.7 Å². The molecule has 2 aromatic carbocycles. The van der Waals surface area contributed by atoms with Crippen LogP contribution in [-0.2, 0) is 9.59 Å². The van der Waals surface area contributed by atoms with E-state index in [1.165, 1.54) is 4.90 Å². The Bertz CT molecular complexity index is 1100. The number of anilines is 1. The van der Waals surface area contributed by atoms with Crippen molar-refractivity contribution in [1.29, 1.82) is 0 Å². The monoisotopic (exact) mass is 433 g/mol. The van der Waals surface area contributed by atoms with Gasteiger partial charge in [-0.2, -0.15) is 0 Å². The summed E-state index contributed by atoms with van der Waals surface area (Å²) in [4.78, 5) is 33.4. The molecule has 1 saturated heterocycles. The molecule has 2 aliphatic rings. The van der Waals surface area contributed by atoms with E-state index in [1.807, 2.05) is 51.1 Å². The molecule has 2 heterocycles. The number of amides is 2. The third-order valence-corrected chi connectivity index (χ3v) is 6.57. The molecule has 0 N–H and O–H groups in total.